The molecular weight excluding hydrogens is 304 g/mol. The fourth-order valence-electron chi connectivity index (χ4n) is 3.70. The zero-order valence-corrected chi connectivity index (χ0v) is 16.4. The minimum atomic E-state index is -0.421. The Morgan fingerprint density at radius 1 is 1.21 bits per heavy atom. The molecule has 0 bridgehead atoms. The highest BCUT2D eigenvalue weighted by Gasteiger charge is 2.34. The first kappa shape index (κ1) is 19.5. The summed E-state index contributed by atoms with van der Waals surface area (Å²) in [4.78, 5) is 14.0. The van der Waals surface area contributed by atoms with E-state index in [-0.39, 0.29) is 11.5 Å². The van der Waals surface area contributed by atoms with Gasteiger partial charge >= 0.3 is 6.09 Å². The van der Waals surface area contributed by atoms with Gasteiger partial charge in [0.1, 0.15) is 5.60 Å². The molecule has 0 aromatic heterocycles. The molecular formula is C19H36N2O3. The summed E-state index contributed by atoms with van der Waals surface area (Å²) in [6.45, 7) is 15.0. The Morgan fingerprint density at radius 2 is 1.75 bits per heavy atom. The number of nitrogens with one attached hydrogen (secondary N) is 1. The van der Waals surface area contributed by atoms with Crippen molar-refractivity contribution in [3.8, 4) is 0 Å². The molecule has 0 saturated carbocycles. The minimum Gasteiger partial charge on any atom is -0.444 e. The van der Waals surface area contributed by atoms with Gasteiger partial charge in [-0.05, 0) is 65.7 Å². The summed E-state index contributed by atoms with van der Waals surface area (Å²) in [6, 6.07) is 0.546. The molecule has 0 aromatic rings. The smallest absolute Gasteiger partial charge is 0.410 e. The Kier molecular flexibility index (Phi) is 6.19. The second-order valence-corrected chi connectivity index (χ2v) is 9.08. The van der Waals surface area contributed by atoms with Crippen molar-refractivity contribution in [1.29, 1.82) is 0 Å². The maximum Gasteiger partial charge on any atom is 0.410 e. The van der Waals surface area contributed by atoms with E-state index in [1.807, 2.05) is 25.7 Å². The number of hydrogen-bond donors (Lipinski definition) is 1. The number of carbonyl (C=O) groups is 1. The molecule has 140 valence electrons. The standard InChI is InChI=1S/C19H36N2O3/c1-14-11-16(12-15(2)23-14)20-13-19(6)7-9-21(10-8-19)17(22)24-18(3,4)5/h14-16,20H,7-13H2,1-6H3. The highest BCUT2D eigenvalue weighted by atomic mass is 16.6. The molecule has 5 heteroatoms. The lowest BCUT2D eigenvalue weighted by atomic mass is 9.80. The zero-order valence-electron chi connectivity index (χ0n) is 16.4. The van der Waals surface area contributed by atoms with Crippen molar-refractivity contribution >= 4 is 6.09 Å². The number of rotatable bonds is 3. The molecule has 2 rings (SSSR count). The van der Waals surface area contributed by atoms with Crippen molar-refractivity contribution in [2.24, 2.45) is 5.41 Å². The second kappa shape index (κ2) is 7.61. The number of likely N-dealkylation sites (tertiary alicyclic amines) is 1. The largest absolute Gasteiger partial charge is 0.444 e. The van der Waals surface area contributed by atoms with Crippen LogP contribution in [0.5, 0.6) is 0 Å². The summed E-state index contributed by atoms with van der Waals surface area (Å²) in [7, 11) is 0. The molecule has 0 aromatic carbocycles. The quantitative estimate of drug-likeness (QED) is 0.853. The van der Waals surface area contributed by atoms with Gasteiger partial charge in [0, 0.05) is 25.7 Å². The normalized spacial score (nSPS) is 30.9. The van der Waals surface area contributed by atoms with Gasteiger partial charge in [0.2, 0.25) is 0 Å². The van der Waals surface area contributed by atoms with Crippen LogP contribution in [0.4, 0.5) is 4.79 Å². The van der Waals surface area contributed by atoms with Crippen LogP contribution in [0.25, 0.3) is 0 Å². The molecule has 5 nitrogen and oxygen atoms in total. The van der Waals surface area contributed by atoms with E-state index < -0.39 is 5.60 Å². The van der Waals surface area contributed by atoms with Crippen molar-refractivity contribution in [2.75, 3.05) is 19.6 Å². The van der Waals surface area contributed by atoms with Crippen molar-refractivity contribution in [3.05, 3.63) is 0 Å². The third-order valence-electron chi connectivity index (χ3n) is 5.14. The van der Waals surface area contributed by atoms with Crippen LogP contribution >= 0.6 is 0 Å². The van der Waals surface area contributed by atoms with Crippen LogP contribution in [0.3, 0.4) is 0 Å². The average Bonchev–Trinajstić information content (AvgIpc) is 2.43. The van der Waals surface area contributed by atoms with E-state index >= 15 is 0 Å². The SMILES string of the molecule is CC1CC(NCC2(C)CCN(C(=O)OC(C)(C)C)CC2)CC(C)O1. The Labute approximate surface area is 147 Å². The third-order valence-corrected chi connectivity index (χ3v) is 5.14. The van der Waals surface area contributed by atoms with Crippen LogP contribution < -0.4 is 5.32 Å². The van der Waals surface area contributed by atoms with E-state index in [2.05, 4.69) is 26.1 Å². The third kappa shape index (κ3) is 5.92. The monoisotopic (exact) mass is 340 g/mol. The molecule has 0 radical (unpaired) electrons. The van der Waals surface area contributed by atoms with Crippen LogP contribution in [-0.2, 0) is 9.47 Å². The van der Waals surface area contributed by atoms with E-state index in [4.69, 9.17) is 9.47 Å². The van der Waals surface area contributed by atoms with Crippen molar-refractivity contribution in [2.45, 2.75) is 91.1 Å². The Bertz CT molecular complexity index is 415. The van der Waals surface area contributed by atoms with Gasteiger partial charge in [-0.2, -0.15) is 0 Å². The van der Waals surface area contributed by atoms with Gasteiger partial charge in [0.15, 0.2) is 0 Å². The molecule has 2 saturated heterocycles. The summed E-state index contributed by atoms with van der Waals surface area (Å²) < 4.78 is 11.3. The highest BCUT2D eigenvalue weighted by Crippen LogP contribution is 2.31. The van der Waals surface area contributed by atoms with Gasteiger partial charge in [-0.15, -0.1) is 0 Å². The maximum atomic E-state index is 12.2. The molecule has 2 heterocycles. The van der Waals surface area contributed by atoms with Gasteiger partial charge in [-0.1, -0.05) is 6.92 Å². The molecule has 0 aliphatic carbocycles. The van der Waals surface area contributed by atoms with E-state index in [9.17, 15) is 4.79 Å². The minimum absolute atomic E-state index is 0.176. The van der Waals surface area contributed by atoms with Gasteiger partial charge in [0.25, 0.3) is 0 Å². The fourth-order valence-corrected chi connectivity index (χ4v) is 3.70. The first-order valence-corrected chi connectivity index (χ1v) is 9.43. The molecule has 2 aliphatic rings. The number of amides is 1. The lowest BCUT2D eigenvalue weighted by Gasteiger charge is -2.41. The molecule has 2 fully saturated rings. The molecule has 1 N–H and O–H groups in total. The van der Waals surface area contributed by atoms with E-state index in [1.54, 1.807) is 0 Å². The Hall–Kier alpha value is -0.810. The topological polar surface area (TPSA) is 50.8 Å². The van der Waals surface area contributed by atoms with Crippen molar-refractivity contribution in [3.63, 3.8) is 0 Å². The summed E-state index contributed by atoms with van der Waals surface area (Å²) in [6.07, 6.45) is 4.72. The molecule has 2 unspecified atom stereocenters. The zero-order chi connectivity index (χ0) is 18.0. The number of hydrogen-bond acceptors (Lipinski definition) is 4. The van der Waals surface area contributed by atoms with Gasteiger partial charge < -0.3 is 19.7 Å². The van der Waals surface area contributed by atoms with Gasteiger partial charge in [-0.3, -0.25) is 0 Å². The van der Waals surface area contributed by atoms with Gasteiger partial charge in [-0.25, -0.2) is 4.79 Å². The number of ether oxygens (including phenoxy) is 2. The van der Waals surface area contributed by atoms with Crippen LogP contribution in [0.1, 0.15) is 67.2 Å². The van der Waals surface area contributed by atoms with E-state index in [0.29, 0.717) is 18.2 Å². The molecule has 2 aliphatic heterocycles. The lowest BCUT2D eigenvalue weighted by Crippen LogP contribution is -2.50. The summed E-state index contributed by atoms with van der Waals surface area (Å²) in [5, 5.41) is 3.76. The summed E-state index contributed by atoms with van der Waals surface area (Å²) in [5.41, 5.74) is -0.168. The highest BCUT2D eigenvalue weighted by molar-refractivity contribution is 5.68. The van der Waals surface area contributed by atoms with Crippen LogP contribution in [0, 0.1) is 5.41 Å². The average molecular weight is 341 g/mol. The summed E-state index contributed by atoms with van der Waals surface area (Å²) >= 11 is 0. The fraction of sp³-hybridized carbons (Fsp3) is 0.947. The molecule has 0 spiro atoms. The predicted octanol–water partition coefficient (Wildman–Crippen LogP) is 3.57. The Balaban J connectivity index is 1.76. The number of piperidine rings is 1. The number of carbonyl (C=O) groups excluding carboxylic acids is 1. The van der Waals surface area contributed by atoms with Gasteiger partial charge in [0.05, 0.1) is 12.2 Å². The Morgan fingerprint density at radius 3 is 2.25 bits per heavy atom. The molecule has 2 atom stereocenters. The summed E-state index contributed by atoms with van der Waals surface area (Å²) in [5.74, 6) is 0. The van der Waals surface area contributed by atoms with E-state index in [0.717, 1.165) is 45.3 Å². The maximum absolute atomic E-state index is 12.2. The van der Waals surface area contributed by atoms with Crippen LogP contribution in [0.2, 0.25) is 0 Å². The predicted molar refractivity (Wildman–Crippen MR) is 96.2 cm³/mol. The van der Waals surface area contributed by atoms with Crippen molar-refractivity contribution < 1.29 is 14.3 Å². The van der Waals surface area contributed by atoms with Crippen molar-refractivity contribution in [1.82, 2.24) is 10.2 Å². The molecule has 1 amide bonds. The number of nitrogens with zero attached hydrogens (tertiary/aromatic N) is 1. The van der Waals surface area contributed by atoms with Crippen LogP contribution in [-0.4, -0.2) is 54.5 Å². The lowest BCUT2D eigenvalue weighted by molar-refractivity contribution is -0.0442. The van der Waals surface area contributed by atoms with Crippen LogP contribution in [0.15, 0.2) is 0 Å². The first-order chi connectivity index (χ1) is 11.1. The first-order valence-electron chi connectivity index (χ1n) is 9.43. The van der Waals surface area contributed by atoms with E-state index in [1.165, 1.54) is 0 Å². The molecule has 24 heavy (non-hydrogen) atoms. The second-order valence-electron chi connectivity index (χ2n) is 9.08.